The first-order chi connectivity index (χ1) is 7.72. The van der Waals surface area contributed by atoms with E-state index in [0.29, 0.717) is 18.7 Å². The smallest absolute Gasteiger partial charge is 0.257 e. The van der Waals surface area contributed by atoms with Gasteiger partial charge < -0.3 is 10.1 Å². The number of amides is 1. The first-order valence-corrected chi connectivity index (χ1v) is 5.53. The van der Waals surface area contributed by atoms with E-state index in [1.807, 2.05) is 18.2 Å². The van der Waals surface area contributed by atoms with Crippen LogP contribution in [0.1, 0.15) is 6.42 Å². The van der Waals surface area contributed by atoms with Gasteiger partial charge in [0, 0.05) is 11.0 Å². The molecule has 16 heavy (non-hydrogen) atoms. The van der Waals surface area contributed by atoms with Crippen LogP contribution in [-0.4, -0.2) is 19.1 Å². The van der Waals surface area contributed by atoms with E-state index in [0.717, 1.165) is 4.47 Å². The predicted molar refractivity (Wildman–Crippen MR) is 62.9 cm³/mol. The second-order valence-corrected chi connectivity index (χ2v) is 3.92. The minimum absolute atomic E-state index is 0.0398. The highest BCUT2D eigenvalue weighted by Gasteiger charge is 2.01. The summed E-state index contributed by atoms with van der Waals surface area (Å²) in [5.74, 6) is 0.403. The van der Waals surface area contributed by atoms with Gasteiger partial charge in [0.25, 0.3) is 5.91 Å². The van der Waals surface area contributed by atoms with Gasteiger partial charge in [-0.15, -0.1) is 0 Å². The van der Waals surface area contributed by atoms with Crippen molar-refractivity contribution in [3.63, 3.8) is 0 Å². The number of rotatable bonds is 5. The van der Waals surface area contributed by atoms with Gasteiger partial charge in [0.2, 0.25) is 0 Å². The number of ether oxygens (including phenoxy) is 1. The summed E-state index contributed by atoms with van der Waals surface area (Å²) >= 11 is 3.30. The predicted octanol–water partition coefficient (Wildman–Crippen LogP) is 1.86. The lowest BCUT2D eigenvalue weighted by molar-refractivity contribution is -0.123. The zero-order valence-corrected chi connectivity index (χ0v) is 10.2. The lowest BCUT2D eigenvalue weighted by Gasteiger charge is -2.06. The van der Waals surface area contributed by atoms with Crippen molar-refractivity contribution in [2.24, 2.45) is 0 Å². The van der Waals surface area contributed by atoms with Crippen molar-refractivity contribution in [3.05, 3.63) is 28.7 Å². The van der Waals surface area contributed by atoms with E-state index >= 15 is 0 Å². The summed E-state index contributed by atoms with van der Waals surface area (Å²) in [7, 11) is 0. The highest BCUT2D eigenvalue weighted by molar-refractivity contribution is 9.10. The minimum Gasteiger partial charge on any atom is -0.484 e. The van der Waals surface area contributed by atoms with E-state index in [1.54, 1.807) is 12.1 Å². The number of hydrogen-bond donors (Lipinski definition) is 1. The van der Waals surface area contributed by atoms with Crippen molar-refractivity contribution in [1.29, 1.82) is 5.26 Å². The average molecular weight is 283 g/mol. The molecule has 0 spiro atoms. The van der Waals surface area contributed by atoms with E-state index in [2.05, 4.69) is 21.2 Å². The van der Waals surface area contributed by atoms with Gasteiger partial charge >= 0.3 is 0 Å². The topological polar surface area (TPSA) is 62.1 Å². The molecule has 84 valence electrons. The Morgan fingerprint density at radius 2 is 2.38 bits per heavy atom. The van der Waals surface area contributed by atoms with Gasteiger partial charge in [-0.25, -0.2) is 0 Å². The molecule has 0 aliphatic carbocycles. The van der Waals surface area contributed by atoms with Crippen molar-refractivity contribution in [2.45, 2.75) is 6.42 Å². The molecule has 4 nitrogen and oxygen atoms in total. The van der Waals surface area contributed by atoms with Crippen molar-refractivity contribution in [3.8, 4) is 11.8 Å². The Morgan fingerprint density at radius 1 is 1.56 bits per heavy atom. The molecule has 0 bridgehead atoms. The van der Waals surface area contributed by atoms with Gasteiger partial charge in [0.05, 0.1) is 12.5 Å². The standard InChI is InChI=1S/C11H11BrN2O2/c12-9-3-1-4-10(7-9)16-8-11(15)14-6-2-5-13/h1,3-4,7H,2,6,8H2,(H,14,15). The molecule has 1 aromatic carbocycles. The third-order valence-corrected chi connectivity index (χ3v) is 2.22. The Bertz CT molecular complexity index is 401. The van der Waals surface area contributed by atoms with Gasteiger partial charge in [-0.2, -0.15) is 5.26 Å². The molecule has 0 saturated carbocycles. The van der Waals surface area contributed by atoms with E-state index in [-0.39, 0.29) is 12.5 Å². The van der Waals surface area contributed by atoms with Crippen LogP contribution >= 0.6 is 15.9 Å². The molecule has 0 radical (unpaired) electrons. The van der Waals surface area contributed by atoms with Crippen LogP contribution in [0.3, 0.4) is 0 Å². The van der Waals surface area contributed by atoms with Crippen molar-refractivity contribution in [2.75, 3.05) is 13.2 Å². The van der Waals surface area contributed by atoms with Crippen LogP contribution in [0.25, 0.3) is 0 Å². The maximum atomic E-state index is 11.2. The molecule has 0 fully saturated rings. The van der Waals surface area contributed by atoms with Crippen molar-refractivity contribution < 1.29 is 9.53 Å². The number of carbonyl (C=O) groups excluding carboxylic acids is 1. The molecule has 0 atom stereocenters. The molecule has 0 aliphatic heterocycles. The van der Waals surface area contributed by atoms with Crippen LogP contribution < -0.4 is 10.1 Å². The Balaban J connectivity index is 2.29. The number of nitrogens with zero attached hydrogens (tertiary/aromatic N) is 1. The largest absolute Gasteiger partial charge is 0.484 e. The summed E-state index contributed by atoms with van der Waals surface area (Å²) in [6.45, 7) is 0.319. The Kier molecular flexibility index (Phi) is 5.37. The van der Waals surface area contributed by atoms with Crippen LogP contribution in [0, 0.1) is 11.3 Å². The molecule has 0 heterocycles. The van der Waals surface area contributed by atoms with Gasteiger partial charge in [-0.3, -0.25) is 4.79 Å². The fraction of sp³-hybridized carbons (Fsp3) is 0.273. The van der Waals surface area contributed by atoms with Crippen LogP contribution in [-0.2, 0) is 4.79 Å². The second kappa shape index (κ2) is 6.85. The normalized spacial score (nSPS) is 9.25. The van der Waals surface area contributed by atoms with Gasteiger partial charge in [0.1, 0.15) is 5.75 Å². The van der Waals surface area contributed by atoms with Crippen LogP contribution in [0.2, 0.25) is 0 Å². The summed E-state index contributed by atoms with van der Waals surface area (Å²) in [4.78, 5) is 11.2. The zero-order chi connectivity index (χ0) is 11.8. The van der Waals surface area contributed by atoms with Crippen molar-refractivity contribution in [1.82, 2.24) is 5.32 Å². The van der Waals surface area contributed by atoms with Crippen LogP contribution in [0.15, 0.2) is 28.7 Å². The molecule has 0 unspecified atom stereocenters. The molecule has 1 rings (SSSR count). The highest BCUT2D eigenvalue weighted by Crippen LogP contribution is 2.17. The molecular formula is C11H11BrN2O2. The fourth-order valence-corrected chi connectivity index (χ4v) is 1.39. The monoisotopic (exact) mass is 282 g/mol. The molecule has 0 aromatic heterocycles. The van der Waals surface area contributed by atoms with E-state index in [4.69, 9.17) is 10.00 Å². The second-order valence-electron chi connectivity index (χ2n) is 3.00. The molecule has 1 N–H and O–H groups in total. The highest BCUT2D eigenvalue weighted by atomic mass is 79.9. The quantitative estimate of drug-likeness (QED) is 0.839. The van der Waals surface area contributed by atoms with Crippen molar-refractivity contribution >= 4 is 21.8 Å². The SMILES string of the molecule is N#CCCNC(=O)COc1cccc(Br)c1. The summed E-state index contributed by atoms with van der Waals surface area (Å²) in [5.41, 5.74) is 0. The van der Waals surface area contributed by atoms with Gasteiger partial charge in [-0.1, -0.05) is 22.0 Å². The fourth-order valence-electron chi connectivity index (χ4n) is 1.01. The lowest BCUT2D eigenvalue weighted by atomic mass is 10.3. The Labute approximate surface area is 102 Å². The maximum Gasteiger partial charge on any atom is 0.257 e. The number of benzene rings is 1. The third kappa shape index (κ3) is 4.80. The number of carbonyl (C=O) groups is 1. The molecule has 5 heteroatoms. The maximum absolute atomic E-state index is 11.2. The molecule has 1 amide bonds. The Hall–Kier alpha value is -1.54. The van der Waals surface area contributed by atoms with E-state index in [1.165, 1.54) is 0 Å². The number of halogens is 1. The van der Waals surface area contributed by atoms with Crippen LogP contribution in [0.5, 0.6) is 5.75 Å². The summed E-state index contributed by atoms with van der Waals surface area (Å²) in [5, 5.41) is 10.9. The van der Waals surface area contributed by atoms with E-state index < -0.39 is 0 Å². The van der Waals surface area contributed by atoms with Gasteiger partial charge in [0.15, 0.2) is 6.61 Å². The average Bonchev–Trinajstić information content (AvgIpc) is 2.27. The van der Waals surface area contributed by atoms with E-state index in [9.17, 15) is 4.79 Å². The third-order valence-electron chi connectivity index (χ3n) is 1.72. The van der Waals surface area contributed by atoms with Crippen LogP contribution in [0.4, 0.5) is 0 Å². The molecule has 0 aliphatic rings. The molecular weight excluding hydrogens is 272 g/mol. The number of hydrogen-bond acceptors (Lipinski definition) is 3. The first kappa shape index (κ1) is 12.5. The number of nitriles is 1. The first-order valence-electron chi connectivity index (χ1n) is 4.74. The summed E-state index contributed by atoms with van der Waals surface area (Å²) in [6.07, 6.45) is 0.308. The minimum atomic E-state index is -0.227. The summed E-state index contributed by atoms with van der Waals surface area (Å²) in [6, 6.07) is 9.20. The number of nitrogens with one attached hydrogen (secondary N) is 1. The lowest BCUT2D eigenvalue weighted by Crippen LogP contribution is -2.29. The zero-order valence-electron chi connectivity index (χ0n) is 8.57. The Morgan fingerprint density at radius 3 is 3.06 bits per heavy atom. The summed E-state index contributed by atoms with van der Waals surface area (Å²) < 4.78 is 6.15. The molecule has 1 aromatic rings. The van der Waals surface area contributed by atoms with Gasteiger partial charge in [-0.05, 0) is 18.2 Å². The molecule has 0 saturated heterocycles.